The van der Waals surface area contributed by atoms with Crippen molar-refractivity contribution in [2.75, 3.05) is 11.9 Å². The lowest BCUT2D eigenvalue weighted by Crippen LogP contribution is -2.43. The van der Waals surface area contributed by atoms with Gasteiger partial charge in [0.15, 0.2) is 0 Å². The highest BCUT2D eigenvalue weighted by Gasteiger charge is 2.33. The van der Waals surface area contributed by atoms with E-state index in [0.29, 0.717) is 13.0 Å². The number of carbonyl (C=O) groups excluding carboxylic acids is 1. The lowest BCUT2D eigenvalue weighted by molar-refractivity contribution is -0.140. The summed E-state index contributed by atoms with van der Waals surface area (Å²) in [6.07, 6.45) is 2.55. The number of anilines is 1. The minimum atomic E-state index is -0.820. The predicted octanol–water partition coefficient (Wildman–Crippen LogP) is 5.55. The summed E-state index contributed by atoms with van der Waals surface area (Å²) in [5.41, 5.74) is -0.0389. The van der Waals surface area contributed by atoms with Crippen LogP contribution in [0.1, 0.15) is 53.9 Å². The molecule has 2 rings (SSSR count). The summed E-state index contributed by atoms with van der Waals surface area (Å²) in [6, 6.07) is 11.8. The van der Waals surface area contributed by atoms with Gasteiger partial charge in [-0.25, -0.2) is 0 Å². The fourth-order valence-corrected chi connectivity index (χ4v) is 3.05. The molecule has 2 aromatic carbocycles. The molecule has 2 aromatic rings. The second-order valence-corrected chi connectivity index (χ2v) is 7.11. The van der Waals surface area contributed by atoms with E-state index in [2.05, 4.69) is 12.2 Å². The quantitative estimate of drug-likeness (QED) is 0.640. The first kappa shape index (κ1) is 20.2. The number of benzene rings is 2. The first-order valence-corrected chi connectivity index (χ1v) is 9.55. The van der Waals surface area contributed by atoms with E-state index >= 15 is 0 Å². The van der Waals surface area contributed by atoms with Crippen LogP contribution in [0.3, 0.4) is 0 Å². The van der Waals surface area contributed by atoms with Crippen molar-refractivity contribution < 1.29 is 14.3 Å². The van der Waals surface area contributed by atoms with Gasteiger partial charge in [0.2, 0.25) is 0 Å². The number of carbonyl (C=O) groups is 1. The Bertz CT molecular complexity index is 741. The van der Waals surface area contributed by atoms with Crippen LogP contribution in [-0.2, 0) is 9.53 Å². The molecule has 4 heteroatoms. The van der Waals surface area contributed by atoms with Crippen LogP contribution in [0.4, 0.5) is 5.69 Å². The maximum absolute atomic E-state index is 13.0. The molecule has 142 valence electrons. The maximum atomic E-state index is 13.0. The Balaban J connectivity index is 2.34. The lowest BCUT2D eigenvalue weighted by Gasteiger charge is -2.28. The van der Waals surface area contributed by atoms with Gasteiger partial charge in [-0.3, -0.25) is 4.79 Å². The fourth-order valence-electron chi connectivity index (χ4n) is 3.05. The third kappa shape index (κ3) is 4.76. The molecule has 0 aliphatic heterocycles. The molecule has 4 nitrogen and oxygen atoms in total. The number of fused-ring (bicyclic) bond motifs is 1. The zero-order chi connectivity index (χ0) is 19.2. The van der Waals surface area contributed by atoms with Crippen molar-refractivity contribution in [1.29, 1.82) is 0 Å². The van der Waals surface area contributed by atoms with Crippen molar-refractivity contribution in [2.45, 2.75) is 65.6 Å². The van der Waals surface area contributed by atoms with Crippen LogP contribution < -0.4 is 10.1 Å². The Morgan fingerprint density at radius 1 is 1.08 bits per heavy atom. The first-order chi connectivity index (χ1) is 12.4. The standard InChI is InChI=1S/C22H31NO3/c1-6-14-22(5,25-15-7-2)21(24)23-19-12-13-20(26-16(3)4)18-11-9-8-10-17(18)19/h8-13,16H,6-7,14-15H2,1-5H3,(H,23,24)/t22-/m1/s1. The number of rotatable bonds is 9. The van der Waals surface area contributed by atoms with Gasteiger partial charge in [0, 0.05) is 23.1 Å². The van der Waals surface area contributed by atoms with E-state index in [-0.39, 0.29) is 12.0 Å². The van der Waals surface area contributed by atoms with E-state index in [4.69, 9.17) is 9.47 Å². The van der Waals surface area contributed by atoms with Gasteiger partial charge in [-0.2, -0.15) is 0 Å². The summed E-state index contributed by atoms with van der Waals surface area (Å²) in [5, 5.41) is 5.04. The molecule has 0 bridgehead atoms. The van der Waals surface area contributed by atoms with Gasteiger partial charge in [0.05, 0.1) is 6.10 Å². The van der Waals surface area contributed by atoms with Crippen LogP contribution in [0.25, 0.3) is 10.8 Å². The molecule has 1 atom stereocenters. The highest BCUT2D eigenvalue weighted by Crippen LogP contribution is 2.33. The molecule has 0 aromatic heterocycles. The second-order valence-electron chi connectivity index (χ2n) is 7.11. The number of nitrogens with one attached hydrogen (secondary N) is 1. The van der Waals surface area contributed by atoms with Gasteiger partial charge in [-0.05, 0) is 45.7 Å². The molecular formula is C22H31NO3. The molecule has 1 N–H and O–H groups in total. The summed E-state index contributed by atoms with van der Waals surface area (Å²) in [4.78, 5) is 13.0. The number of hydrogen-bond acceptors (Lipinski definition) is 3. The molecule has 0 saturated carbocycles. The number of ether oxygens (including phenoxy) is 2. The van der Waals surface area contributed by atoms with E-state index in [1.54, 1.807) is 0 Å². The van der Waals surface area contributed by atoms with Crippen molar-refractivity contribution in [1.82, 2.24) is 0 Å². The van der Waals surface area contributed by atoms with Gasteiger partial charge in [0.1, 0.15) is 11.4 Å². The molecule has 0 aliphatic carbocycles. The van der Waals surface area contributed by atoms with Crippen LogP contribution in [0.2, 0.25) is 0 Å². The van der Waals surface area contributed by atoms with E-state index in [1.165, 1.54) is 0 Å². The van der Waals surface area contributed by atoms with E-state index < -0.39 is 5.60 Å². The van der Waals surface area contributed by atoms with Crippen LogP contribution >= 0.6 is 0 Å². The molecule has 0 spiro atoms. The van der Waals surface area contributed by atoms with Gasteiger partial charge in [-0.15, -0.1) is 0 Å². The molecule has 0 radical (unpaired) electrons. The summed E-state index contributed by atoms with van der Waals surface area (Å²) in [6.45, 7) is 10.6. The molecule has 26 heavy (non-hydrogen) atoms. The van der Waals surface area contributed by atoms with E-state index in [0.717, 1.165) is 35.1 Å². The third-order valence-corrected chi connectivity index (χ3v) is 4.33. The van der Waals surface area contributed by atoms with Gasteiger partial charge in [0.25, 0.3) is 5.91 Å². The molecule has 0 aliphatic rings. The third-order valence-electron chi connectivity index (χ3n) is 4.33. The van der Waals surface area contributed by atoms with Crippen LogP contribution in [-0.4, -0.2) is 24.2 Å². The average Bonchev–Trinajstić information content (AvgIpc) is 2.62. The maximum Gasteiger partial charge on any atom is 0.256 e. The predicted molar refractivity (Wildman–Crippen MR) is 108 cm³/mol. The monoisotopic (exact) mass is 357 g/mol. The normalized spacial score (nSPS) is 13.6. The number of hydrogen-bond donors (Lipinski definition) is 1. The summed E-state index contributed by atoms with van der Waals surface area (Å²) in [5.74, 6) is 0.725. The lowest BCUT2D eigenvalue weighted by atomic mass is 9.98. The minimum Gasteiger partial charge on any atom is -0.490 e. The zero-order valence-corrected chi connectivity index (χ0v) is 16.6. The smallest absolute Gasteiger partial charge is 0.256 e. The molecule has 0 saturated heterocycles. The van der Waals surface area contributed by atoms with Crippen LogP contribution in [0.15, 0.2) is 36.4 Å². The second kappa shape index (κ2) is 9.04. The largest absolute Gasteiger partial charge is 0.490 e. The van der Waals surface area contributed by atoms with E-state index in [1.807, 2.05) is 64.1 Å². The van der Waals surface area contributed by atoms with Crippen molar-refractivity contribution >= 4 is 22.4 Å². The minimum absolute atomic E-state index is 0.0918. The van der Waals surface area contributed by atoms with Crippen molar-refractivity contribution in [2.24, 2.45) is 0 Å². The van der Waals surface area contributed by atoms with E-state index in [9.17, 15) is 4.79 Å². The Morgan fingerprint density at radius 2 is 1.77 bits per heavy atom. The number of amides is 1. The van der Waals surface area contributed by atoms with Gasteiger partial charge >= 0.3 is 0 Å². The Morgan fingerprint density at radius 3 is 2.38 bits per heavy atom. The first-order valence-electron chi connectivity index (χ1n) is 9.55. The summed E-state index contributed by atoms with van der Waals surface area (Å²) < 4.78 is 11.8. The van der Waals surface area contributed by atoms with Gasteiger partial charge in [-0.1, -0.05) is 44.5 Å². The highest BCUT2D eigenvalue weighted by molar-refractivity contribution is 6.06. The van der Waals surface area contributed by atoms with Crippen molar-refractivity contribution in [3.8, 4) is 5.75 Å². The van der Waals surface area contributed by atoms with Gasteiger partial charge < -0.3 is 14.8 Å². The molecular weight excluding hydrogens is 326 g/mol. The SMILES string of the molecule is CCCO[C@](C)(CCC)C(=O)Nc1ccc(OC(C)C)c2ccccc12. The molecule has 1 amide bonds. The Labute approximate surface area is 156 Å². The Hall–Kier alpha value is -2.07. The van der Waals surface area contributed by atoms with Crippen molar-refractivity contribution in [3.05, 3.63) is 36.4 Å². The molecule has 0 heterocycles. The Kier molecular flexibility index (Phi) is 7.04. The van der Waals surface area contributed by atoms with Crippen LogP contribution in [0.5, 0.6) is 5.75 Å². The topological polar surface area (TPSA) is 47.6 Å². The highest BCUT2D eigenvalue weighted by atomic mass is 16.5. The fraction of sp³-hybridized carbons (Fsp3) is 0.500. The summed E-state index contributed by atoms with van der Waals surface area (Å²) >= 11 is 0. The van der Waals surface area contributed by atoms with Crippen molar-refractivity contribution in [3.63, 3.8) is 0 Å². The van der Waals surface area contributed by atoms with Crippen LogP contribution in [0, 0.1) is 0 Å². The summed E-state index contributed by atoms with van der Waals surface area (Å²) in [7, 11) is 0. The average molecular weight is 357 g/mol. The molecule has 0 unspecified atom stereocenters. The zero-order valence-electron chi connectivity index (χ0n) is 16.6. The molecule has 0 fully saturated rings.